The lowest BCUT2D eigenvalue weighted by Gasteiger charge is -2.27. The Morgan fingerprint density at radius 3 is 3.00 bits per heavy atom. The van der Waals surface area contributed by atoms with Crippen molar-refractivity contribution in [2.24, 2.45) is 0 Å². The molecule has 6 heteroatoms. The van der Waals surface area contributed by atoms with Gasteiger partial charge in [-0.05, 0) is 6.42 Å². The van der Waals surface area contributed by atoms with Crippen LogP contribution in [-0.2, 0) is 4.79 Å². The first kappa shape index (κ1) is 11.9. The van der Waals surface area contributed by atoms with E-state index in [1.165, 1.54) is 12.2 Å². The van der Waals surface area contributed by atoms with Crippen LogP contribution in [0.5, 0.6) is 0 Å². The summed E-state index contributed by atoms with van der Waals surface area (Å²) in [6, 6.07) is 0.559. The van der Waals surface area contributed by atoms with Gasteiger partial charge in [0.1, 0.15) is 0 Å². The summed E-state index contributed by atoms with van der Waals surface area (Å²) in [7, 11) is 5.51. The maximum Gasteiger partial charge on any atom is 0.234 e. The van der Waals surface area contributed by atoms with Gasteiger partial charge >= 0.3 is 0 Å². The van der Waals surface area contributed by atoms with Crippen molar-refractivity contribution in [1.82, 2.24) is 8.43 Å². The molecular weight excluding hydrogens is 319 g/mol. The Balaban J connectivity index is 2.28. The minimum atomic E-state index is 0.0950. The predicted molar refractivity (Wildman–Crippen MR) is 68.1 cm³/mol. The van der Waals surface area contributed by atoms with Crippen molar-refractivity contribution in [1.29, 1.82) is 0 Å². The molecule has 1 unspecified atom stereocenters. The zero-order valence-electron chi connectivity index (χ0n) is 7.46. The van der Waals surface area contributed by atoms with E-state index in [1.54, 1.807) is 7.05 Å². The van der Waals surface area contributed by atoms with Gasteiger partial charge in [-0.25, -0.2) is 3.11 Å². The maximum atomic E-state index is 11.1. The molecule has 1 atom stereocenters. The number of amides is 1. The van der Waals surface area contributed by atoms with E-state index in [4.69, 9.17) is 0 Å². The van der Waals surface area contributed by atoms with Crippen molar-refractivity contribution < 1.29 is 4.79 Å². The number of carbonyl (C=O) groups is 1. The summed E-state index contributed by atoms with van der Waals surface area (Å²) >= 11 is 2.25. The lowest BCUT2D eigenvalue weighted by atomic mass is 10.2. The second-order valence-corrected chi connectivity index (χ2v) is 6.65. The van der Waals surface area contributed by atoms with Crippen molar-refractivity contribution >= 4 is 50.4 Å². The maximum absolute atomic E-state index is 11.1. The molecular formula is C7H13IN2OS2. The van der Waals surface area contributed by atoms with Crippen LogP contribution in [0.2, 0.25) is 0 Å². The lowest BCUT2D eigenvalue weighted by molar-refractivity contribution is -0.120. The first-order valence-corrected chi connectivity index (χ1v) is 7.56. The van der Waals surface area contributed by atoms with Gasteiger partial charge in [0.2, 0.25) is 5.91 Å². The van der Waals surface area contributed by atoms with Crippen LogP contribution in [0, 0.1) is 0 Å². The molecule has 1 fully saturated rings. The Morgan fingerprint density at radius 1 is 1.69 bits per heavy atom. The number of halogens is 1. The molecule has 13 heavy (non-hydrogen) atoms. The molecule has 0 aromatic heterocycles. The van der Waals surface area contributed by atoms with Gasteiger partial charge in [-0.2, -0.15) is 0 Å². The number of nitrogens with one attached hydrogen (secondary N) is 1. The molecule has 0 saturated carbocycles. The highest BCUT2D eigenvalue weighted by Crippen LogP contribution is 2.32. The van der Waals surface area contributed by atoms with Gasteiger partial charge < -0.3 is 5.32 Å². The molecule has 3 nitrogen and oxygen atoms in total. The van der Waals surface area contributed by atoms with Gasteiger partial charge in [0.25, 0.3) is 0 Å². The van der Waals surface area contributed by atoms with Crippen LogP contribution in [0.3, 0.4) is 0 Å². The van der Waals surface area contributed by atoms with Crippen LogP contribution in [0.4, 0.5) is 0 Å². The smallest absolute Gasteiger partial charge is 0.234 e. The first-order valence-electron chi connectivity index (χ1n) is 4.11. The topological polar surface area (TPSA) is 32.3 Å². The zero-order chi connectivity index (χ0) is 9.68. The second kappa shape index (κ2) is 6.36. The highest BCUT2D eigenvalue weighted by molar-refractivity contribution is 14.1. The molecule has 0 aromatic carbocycles. The third-order valence-electron chi connectivity index (χ3n) is 1.85. The van der Waals surface area contributed by atoms with Crippen molar-refractivity contribution in [2.45, 2.75) is 12.5 Å². The normalized spacial score (nSPS) is 23.2. The van der Waals surface area contributed by atoms with Gasteiger partial charge in [0.15, 0.2) is 0 Å². The summed E-state index contributed by atoms with van der Waals surface area (Å²) in [6.07, 6.45) is 1.19. The first-order chi connectivity index (χ1) is 6.24. The highest BCUT2D eigenvalue weighted by atomic mass is 127. The summed E-state index contributed by atoms with van der Waals surface area (Å²) in [6.45, 7) is 0.507. The fourth-order valence-electron chi connectivity index (χ4n) is 1.02. The van der Waals surface area contributed by atoms with Gasteiger partial charge in [-0.15, -0.1) is 0 Å². The number of nitrogens with zero attached hydrogens (tertiary/aromatic N) is 1. The average Bonchev–Trinajstić information content (AvgIpc) is 2.19. The van der Waals surface area contributed by atoms with Crippen molar-refractivity contribution in [2.75, 3.05) is 25.1 Å². The molecule has 1 N–H and O–H groups in total. The van der Waals surface area contributed by atoms with Crippen LogP contribution < -0.4 is 5.32 Å². The van der Waals surface area contributed by atoms with Crippen LogP contribution >= 0.6 is 44.5 Å². The standard InChI is InChI=1S/C7H13IN2OS2/c1-9-7(11)4-10(8)6-2-3-12-13-5-6/h6H,2-5H2,1H3,(H,9,11). The van der Waals surface area contributed by atoms with E-state index in [1.807, 2.05) is 21.6 Å². The van der Waals surface area contributed by atoms with Gasteiger partial charge in [0.05, 0.1) is 6.54 Å². The van der Waals surface area contributed by atoms with Crippen molar-refractivity contribution in [3.05, 3.63) is 0 Å². The Labute approximate surface area is 101 Å². The third kappa shape index (κ3) is 4.26. The van der Waals surface area contributed by atoms with Crippen LogP contribution in [0.1, 0.15) is 6.42 Å². The van der Waals surface area contributed by atoms with Crippen molar-refractivity contribution in [3.8, 4) is 0 Å². The molecule has 1 amide bonds. The van der Waals surface area contributed by atoms with E-state index in [-0.39, 0.29) is 5.91 Å². The second-order valence-electron chi connectivity index (χ2n) is 2.78. The molecule has 0 radical (unpaired) electrons. The van der Waals surface area contributed by atoms with Gasteiger partial charge in [0, 0.05) is 47.5 Å². The van der Waals surface area contributed by atoms with E-state index < -0.39 is 0 Å². The van der Waals surface area contributed by atoms with Crippen LogP contribution in [0.25, 0.3) is 0 Å². The van der Waals surface area contributed by atoms with Crippen LogP contribution in [-0.4, -0.2) is 40.2 Å². The van der Waals surface area contributed by atoms with E-state index in [9.17, 15) is 4.79 Å². The number of likely N-dealkylation sites (N-methyl/N-ethyl adjacent to an activating group) is 1. The van der Waals surface area contributed by atoms with E-state index >= 15 is 0 Å². The number of rotatable bonds is 3. The molecule has 0 aromatic rings. The molecule has 1 saturated heterocycles. The number of hydrogen-bond donors (Lipinski definition) is 1. The average molecular weight is 332 g/mol. The minimum absolute atomic E-state index is 0.0950. The third-order valence-corrected chi connectivity index (χ3v) is 5.47. The fraction of sp³-hybridized carbons (Fsp3) is 0.857. The largest absolute Gasteiger partial charge is 0.358 e. The summed E-state index contributed by atoms with van der Waals surface area (Å²) in [5.74, 6) is 2.42. The Bertz CT molecular complexity index is 176. The minimum Gasteiger partial charge on any atom is -0.358 e. The highest BCUT2D eigenvalue weighted by Gasteiger charge is 2.21. The lowest BCUT2D eigenvalue weighted by Crippen LogP contribution is -2.38. The predicted octanol–water partition coefficient (Wildman–Crippen LogP) is 1.54. The van der Waals surface area contributed by atoms with Crippen LogP contribution in [0.15, 0.2) is 0 Å². The number of carbonyl (C=O) groups excluding carboxylic acids is 1. The quantitative estimate of drug-likeness (QED) is 0.483. The SMILES string of the molecule is CNC(=O)CN(I)C1CCSSC1. The Morgan fingerprint density at radius 2 is 2.46 bits per heavy atom. The zero-order valence-corrected chi connectivity index (χ0v) is 11.2. The summed E-state index contributed by atoms with van der Waals surface area (Å²) < 4.78 is 2.11. The summed E-state index contributed by atoms with van der Waals surface area (Å²) in [4.78, 5) is 11.1. The van der Waals surface area contributed by atoms with Gasteiger partial charge in [-0.3, -0.25) is 4.79 Å². The molecule has 1 rings (SSSR count). The fourth-order valence-corrected chi connectivity index (χ4v) is 4.56. The van der Waals surface area contributed by atoms with E-state index in [0.29, 0.717) is 12.6 Å². The Kier molecular flexibility index (Phi) is 5.84. The number of hydrogen-bond acceptors (Lipinski definition) is 4. The molecule has 76 valence electrons. The molecule has 0 spiro atoms. The molecule has 1 aliphatic rings. The van der Waals surface area contributed by atoms with E-state index in [2.05, 4.69) is 31.3 Å². The monoisotopic (exact) mass is 332 g/mol. The Hall–Kier alpha value is 0.860. The van der Waals surface area contributed by atoms with Crippen molar-refractivity contribution in [3.63, 3.8) is 0 Å². The molecule has 0 bridgehead atoms. The molecule has 0 aliphatic carbocycles. The summed E-state index contributed by atoms with van der Waals surface area (Å²) in [5.41, 5.74) is 0. The summed E-state index contributed by atoms with van der Waals surface area (Å²) in [5, 5.41) is 2.64. The van der Waals surface area contributed by atoms with E-state index in [0.717, 1.165) is 5.75 Å². The molecule has 1 heterocycles. The molecule has 1 aliphatic heterocycles. The van der Waals surface area contributed by atoms with Gasteiger partial charge in [-0.1, -0.05) is 21.6 Å².